The Bertz CT molecular complexity index is 1300. The summed E-state index contributed by atoms with van der Waals surface area (Å²) in [4.78, 5) is 9.77. The van der Waals surface area contributed by atoms with Crippen LogP contribution in [-0.4, -0.2) is 34.7 Å². The zero-order valence-electron chi connectivity index (χ0n) is 15.2. The van der Waals surface area contributed by atoms with Gasteiger partial charge < -0.3 is 4.74 Å². The fraction of sp³-hybridized carbons (Fsp3) is 0.105. The molecule has 5 rings (SSSR count). The molecule has 0 radical (unpaired) electrons. The van der Waals surface area contributed by atoms with Gasteiger partial charge in [0.05, 0.1) is 5.56 Å². The van der Waals surface area contributed by atoms with Crippen molar-refractivity contribution >= 4 is 22.5 Å². The molecule has 8 nitrogen and oxygen atoms in total. The van der Waals surface area contributed by atoms with E-state index in [2.05, 4.69) is 25.4 Å². The Balaban J connectivity index is 1.62. The predicted octanol–water partition coefficient (Wildman–Crippen LogP) is 3.39. The van der Waals surface area contributed by atoms with Gasteiger partial charge in [0.2, 0.25) is 5.88 Å². The van der Waals surface area contributed by atoms with Crippen molar-refractivity contribution in [3.8, 4) is 22.0 Å². The predicted molar refractivity (Wildman–Crippen MR) is 105 cm³/mol. The Morgan fingerprint density at radius 2 is 2.07 bits per heavy atom. The molecule has 0 spiro atoms. The molecule has 0 bridgehead atoms. The summed E-state index contributed by atoms with van der Waals surface area (Å²) in [5.74, 6) is 0.503. The molecule has 5 aromatic rings. The summed E-state index contributed by atoms with van der Waals surface area (Å²) in [6, 6.07) is 12.1. The molecule has 0 unspecified atom stereocenters. The van der Waals surface area contributed by atoms with Gasteiger partial charge >= 0.3 is 0 Å². The Kier molecular flexibility index (Phi) is 4.24. The van der Waals surface area contributed by atoms with Crippen LogP contribution < -0.4 is 4.74 Å². The van der Waals surface area contributed by atoms with Gasteiger partial charge in [-0.1, -0.05) is 23.4 Å². The largest absolute Gasteiger partial charge is 0.469 e. The van der Waals surface area contributed by atoms with Gasteiger partial charge in [0.15, 0.2) is 18.1 Å². The summed E-state index contributed by atoms with van der Waals surface area (Å²) in [7, 11) is 1.79. The molecular formula is C19H14FN7OS. The zero-order valence-corrected chi connectivity index (χ0v) is 16.0. The Morgan fingerprint density at radius 3 is 2.83 bits per heavy atom. The second-order valence-electron chi connectivity index (χ2n) is 6.24. The van der Waals surface area contributed by atoms with Crippen molar-refractivity contribution in [2.24, 2.45) is 7.05 Å². The van der Waals surface area contributed by atoms with Crippen LogP contribution in [0.25, 0.3) is 27.3 Å². The van der Waals surface area contributed by atoms with Gasteiger partial charge in [-0.15, -0.1) is 16.4 Å². The lowest BCUT2D eigenvalue weighted by molar-refractivity contribution is 0.286. The summed E-state index contributed by atoms with van der Waals surface area (Å²) in [5.41, 5.74) is 1.99. The van der Waals surface area contributed by atoms with Gasteiger partial charge in [0, 0.05) is 11.9 Å². The molecule has 0 fully saturated rings. The molecule has 144 valence electrons. The van der Waals surface area contributed by atoms with Crippen LogP contribution in [0.3, 0.4) is 0 Å². The topological polar surface area (TPSA) is 83.5 Å². The van der Waals surface area contributed by atoms with Crippen molar-refractivity contribution in [3.05, 3.63) is 65.8 Å². The van der Waals surface area contributed by atoms with E-state index in [-0.39, 0.29) is 12.3 Å². The molecule has 0 amide bonds. The number of thiophene rings is 1. The normalized spacial score (nSPS) is 11.2. The second kappa shape index (κ2) is 7.06. The van der Waals surface area contributed by atoms with Crippen molar-refractivity contribution in [2.75, 3.05) is 0 Å². The Hall–Kier alpha value is -3.66. The molecule has 0 saturated carbocycles. The van der Waals surface area contributed by atoms with E-state index < -0.39 is 5.82 Å². The van der Waals surface area contributed by atoms with Crippen LogP contribution in [0.4, 0.5) is 4.39 Å². The summed E-state index contributed by atoms with van der Waals surface area (Å²) < 4.78 is 23.2. The number of ether oxygens (including phenoxy) is 1. The number of nitrogens with zero attached hydrogens (tertiary/aromatic N) is 7. The van der Waals surface area contributed by atoms with Crippen LogP contribution in [0.15, 0.2) is 54.2 Å². The lowest BCUT2D eigenvalue weighted by Gasteiger charge is -2.09. The lowest BCUT2D eigenvalue weighted by atomic mass is 10.2. The fourth-order valence-corrected chi connectivity index (χ4v) is 3.66. The van der Waals surface area contributed by atoms with Gasteiger partial charge in [-0.2, -0.15) is 14.8 Å². The van der Waals surface area contributed by atoms with Crippen LogP contribution in [0.2, 0.25) is 0 Å². The molecule has 1 aromatic carbocycles. The van der Waals surface area contributed by atoms with Crippen molar-refractivity contribution in [1.29, 1.82) is 0 Å². The van der Waals surface area contributed by atoms with E-state index in [4.69, 9.17) is 4.74 Å². The molecule has 4 aromatic heterocycles. The van der Waals surface area contributed by atoms with Crippen LogP contribution in [0, 0.1) is 5.82 Å². The van der Waals surface area contributed by atoms with E-state index in [9.17, 15) is 4.39 Å². The minimum absolute atomic E-state index is 0.152. The summed E-state index contributed by atoms with van der Waals surface area (Å²) in [5, 5.41) is 14.5. The minimum Gasteiger partial charge on any atom is -0.469 e. The number of aromatic nitrogens is 7. The first-order chi connectivity index (χ1) is 14.2. The van der Waals surface area contributed by atoms with E-state index in [0.717, 1.165) is 10.4 Å². The molecule has 4 heterocycles. The molecule has 0 aliphatic carbocycles. The number of para-hydroxylation sites is 1. The first-order valence-corrected chi connectivity index (χ1v) is 9.59. The molecule has 0 saturated heterocycles. The van der Waals surface area contributed by atoms with Crippen molar-refractivity contribution < 1.29 is 9.13 Å². The van der Waals surface area contributed by atoms with Crippen molar-refractivity contribution in [3.63, 3.8) is 0 Å². The highest BCUT2D eigenvalue weighted by atomic mass is 32.1. The highest BCUT2D eigenvalue weighted by molar-refractivity contribution is 7.13. The van der Waals surface area contributed by atoms with Gasteiger partial charge in [0.1, 0.15) is 23.3 Å². The molecule has 0 atom stereocenters. The number of benzene rings is 1. The number of hydrogen-bond acceptors (Lipinski definition) is 7. The molecule has 0 aliphatic heterocycles. The Morgan fingerprint density at radius 1 is 1.17 bits per heavy atom. The third kappa shape index (κ3) is 3.23. The van der Waals surface area contributed by atoms with Crippen LogP contribution >= 0.6 is 11.3 Å². The number of halogens is 1. The molecule has 0 aliphatic rings. The molecular weight excluding hydrogens is 393 g/mol. The smallest absolute Gasteiger partial charge is 0.224 e. The minimum atomic E-state index is -0.413. The highest BCUT2D eigenvalue weighted by Crippen LogP contribution is 2.34. The quantitative estimate of drug-likeness (QED) is 0.444. The van der Waals surface area contributed by atoms with Crippen LogP contribution in [0.5, 0.6) is 5.88 Å². The summed E-state index contributed by atoms with van der Waals surface area (Å²) in [6.07, 6.45) is 1.60. The first kappa shape index (κ1) is 17.4. The number of pyridine rings is 1. The van der Waals surface area contributed by atoms with Gasteiger partial charge in [-0.25, -0.2) is 9.37 Å². The summed E-state index contributed by atoms with van der Waals surface area (Å²) >= 11 is 1.56. The number of aryl methyl sites for hydroxylation is 1. The number of hydrogen-bond donors (Lipinski definition) is 0. The van der Waals surface area contributed by atoms with Gasteiger partial charge in [0.25, 0.3) is 0 Å². The van der Waals surface area contributed by atoms with E-state index in [0.29, 0.717) is 22.9 Å². The highest BCUT2D eigenvalue weighted by Gasteiger charge is 2.18. The molecule has 29 heavy (non-hydrogen) atoms. The van der Waals surface area contributed by atoms with E-state index >= 15 is 0 Å². The maximum absolute atomic E-state index is 14.3. The fourth-order valence-electron chi connectivity index (χ4n) is 2.93. The maximum Gasteiger partial charge on any atom is 0.224 e. The standard InChI is InChI=1S/C19H14FN7OS/c1-26-11-21-17(24-26)10-28-19-12(16-7-4-8-29-16)9-14-18(22-19)27(25-23-14)15-6-3-2-5-13(15)20/h2-9,11H,10H2,1H3. The van der Waals surface area contributed by atoms with Crippen LogP contribution in [0.1, 0.15) is 5.82 Å². The zero-order chi connectivity index (χ0) is 19.8. The van der Waals surface area contributed by atoms with E-state index in [1.807, 2.05) is 23.6 Å². The van der Waals surface area contributed by atoms with E-state index in [1.165, 1.54) is 10.7 Å². The average Bonchev–Trinajstić information content (AvgIpc) is 3.47. The third-order valence-corrected chi connectivity index (χ3v) is 5.15. The SMILES string of the molecule is Cn1cnc(COc2nc3c(cc2-c2cccs2)nnn3-c2ccccc2F)n1. The monoisotopic (exact) mass is 407 g/mol. The third-order valence-electron chi connectivity index (χ3n) is 4.24. The summed E-state index contributed by atoms with van der Waals surface area (Å²) in [6.45, 7) is 0.152. The van der Waals surface area contributed by atoms with Crippen molar-refractivity contribution in [1.82, 2.24) is 34.7 Å². The van der Waals surface area contributed by atoms with E-state index in [1.54, 1.807) is 47.6 Å². The lowest BCUT2D eigenvalue weighted by Crippen LogP contribution is -2.04. The molecule has 0 N–H and O–H groups in total. The number of rotatable bonds is 5. The first-order valence-electron chi connectivity index (χ1n) is 8.71. The second-order valence-corrected chi connectivity index (χ2v) is 7.18. The number of fused-ring (bicyclic) bond motifs is 1. The van der Waals surface area contributed by atoms with Gasteiger partial charge in [-0.05, 0) is 29.6 Å². The average molecular weight is 407 g/mol. The maximum atomic E-state index is 14.3. The Labute approximate surface area is 168 Å². The van der Waals surface area contributed by atoms with Crippen LogP contribution in [-0.2, 0) is 13.7 Å². The molecule has 10 heteroatoms. The van der Waals surface area contributed by atoms with Crippen molar-refractivity contribution in [2.45, 2.75) is 6.61 Å². The van der Waals surface area contributed by atoms with Gasteiger partial charge in [-0.3, -0.25) is 4.68 Å².